The summed E-state index contributed by atoms with van der Waals surface area (Å²) in [5, 5.41) is 12.9. The summed E-state index contributed by atoms with van der Waals surface area (Å²) in [6, 6.07) is 5.62. The SMILES string of the molecule is CC(C#Cc1nc(C2=NOC(c3cc(Cl)cc(Cl)c3)(C(F)(F)F)C2)ccc1C(=O)O)OS(C)(=O)=O. The van der Waals surface area contributed by atoms with E-state index in [9.17, 15) is 31.5 Å². The molecule has 0 bridgehead atoms. The van der Waals surface area contributed by atoms with Crippen LogP contribution in [0.3, 0.4) is 0 Å². The van der Waals surface area contributed by atoms with Crippen molar-refractivity contribution in [1.29, 1.82) is 0 Å². The standard InChI is InChI=1S/C21H15Cl2F3N2O6S/c1-11(33-35(2,31)32)3-5-16-15(19(29)30)4-6-17(27-16)18-10-20(34-28-18,21(24,25)26)12-7-13(22)9-14(23)8-12/h4,6-9,11H,10H2,1-2H3,(H,29,30). The summed E-state index contributed by atoms with van der Waals surface area (Å²) in [6.45, 7) is 1.31. The molecule has 1 aromatic carbocycles. The molecule has 35 heavy (non-hydrogen) atoms. The van der Waals surface area contributed by atoms with E-state index in [4.69, 9.17) is 28.0 Å². The van der Waals surface area contributed by atoms with Crippen molar-refractivity contribution in [3.8, 4) is 11.8 Å². The Morgan fingerprint density at radius 2 is 1.89 bits per heavy atom. The molecule has 0 amide bonds. The number of carbonyl (C=O) groups is 1. The maximum atomic E-state index is 14.2. The molecule has 0 aliphatic carbocycles. The molecule has 0 saturated carbocycles. The lowest BCUT2D eigenvalue weighted by Crippen LogP contribution is -2.42. The predicted octanol–water partition coefficient (Wildman–Crippen LogP) is 4.39. The first kappa shape index (κ1) is 26.7. The quantitative estimate of drug-likeness (QED) is 0.433. The minimum Gasteiger partial charge on any atom is -0.478 e. The van der Waals surface area contributed by atoms with Crippen molar-refractivity contribution < 1.29 is 40.5 Å². The van der Waals surface area contributed by atoms with E-state index in [0.29, 0.717) is 0 Å². The molecule has 0 fully saturated rings. The van der Waals surface area contributed by atoms with Gasteiger partial charge in [-0.05, 0) is 43.2 Å². The number of benzene rings is 1. The van der Waals surface area contributed by atoms with Crippen LogP contribution in [0.25, 0.3) is 0 Å². The Kier molecular flexibility index (Phi) is 7.38. The number of nitrogens with zero attached hydrogens (tertiary/aromatic N) is 2. The van der Waals surface area contributed by atoms with Gasteiger partial charge in [0.05, 0.1) is 23.9 Å². The number of alkyl halides is 3. The van der Waals surface area contributed by atoms with Crippen molar-refractivity contribution in [2.45, 2.75) is 31.2 Å². The molecule has 0 saturated heterocycles. The van der Waals surface area contributed by atoms with Gasteiger partial charge in [0.1, 0.15) is 17.5 Å². The van der Waals surface area contributed by atoms with Gasteiger partial charge in [-0.15, -0.1) is 0 Å². The Hall–Kier alpha value is -2.85. The molecule has 1 N–H and O–H groups in total. The summed E-state index contributed by atoms with van der Waals surface area (Å²) in [5.41, 5.74) is -4.36. The van der Waals surface area contributed by atoms with Crippen LogP contribution in [0.2, 0.25) is 10.0 Å². The van der Waals surface area contributed by atoms with Crippen molar-refractivity contribution in [2.24, 2.45) is 5.16 Å². The molecule has 14 heteroatoms. The lowest BCUT2D eigenvalue weighted by atomic mass is 9.87. The molecule has 0 spiro atoms. The second-order valence-electron chi connectivity index (χ2n) is 7.40. The topological polar surface area (TPSA) is 115 Å². The first-order valence-corrected chi connectivity index (χ1v) is 12.1. The number of pyridine rings is 1. The highest BCUT2D eigenvalue weighted by molar-refractivity contribution is 7.86. The number of oxime groups is 1. The first-order valence-electron chi connectivity index (χ1n) is 9.54. The van der Waals surface area contributed by atoms with Crippen LogP contribution in [-0.4, -0.2) is 48.7 Å². The average molecular weight is 551 g/mol. The molecule has 2 heterocycles. The third-order valence-corrected chi connectivity index (χ3v) is 5.72. The van der Waals surface area contributed by atoms with Gasteiger partial charge in [0.25, 0.3) is 15.7 Å². The molecule has 2 unspecified atom stereocenters. The number of hydrogen-bond acceptors (Lipinski definition) is 7. The minimum atomic E-state index is -4.94. The molecule has 8 nitrogen and oxygen atoms in total. The Bertz CT molecular complexity index is 1370. The molecule has 1 aliphatic rings. The van der Waals surface area contributed by atoms with Crippen LogP contribution in [-0.2, 0) is 24.7 Å². The lowest BCUT2D eigenvalue weighted by Gasteiger charge is -2.29. The summed E-state index contributed by atoms with van der Waals surface area (Å²) in [5.74, 6) is 3.37. The van der Waals surface area contributed by atoms with E-state index in [-0.39, 0.29) is 38.3 Å². The van der Waals surface area contributed by atoms with Crippen molar-refractivity contribution >= 4 is 45.0 Å². The molecule has 2 aromatic rings. The van der Waals surface area contributed by atoms with E-state index in [1.807, 2.05) is 0 Å². The first-order chi connectivity index (χ1) is 16.1. The van der Waals surface area contributed by atoms with Gasteiger partial charge < -0.3 is 9.94 Å². The summed E-state index contributed by atoms with van der Waals surface area (Å²) < 4.78 is 69.6. The monoisotopic (exact) mass is 550 g/mol. The van der Waals surface area contributed by atoms with Crippen LogP contribution in [0.1, 0.15) is 40.7 Å². The summed E-state index contributed by atoms with van der Waals surface area (Å²) in [7, 11) is -3.84. The van der Waals surface area contributed by atoms with Crippen LogP contribution in [0.4, 0.5) is 13.2 Å². The molecule has 0 radical (unpaired) electrons. The number of carboxylic acid groups (broad SMARTS) is 1. The minimum absolute atomic E-state index is 0.0416. The van der Waals surface area contributed by atoms with Gasteiger partial charge in [-0.3, -0.25) is 4.18 Å². The lowest BCUT2D eigenvalue weighted by molar-refractivity contribution is -0.275. The molecular weight excluding hydrogens is 536 g/mol. The van der Waals surface area contributed by atoms with E-state index < -0.39 is 40.4 Å². The van der Waals surface area contributed by atoms with E-state index >= 15 is 0 Å². The van der Waals surface area contributed by atoms with Crippen molar-refractivity contribution in [2.75, 3.05) is 6.26 Å². The fraction of sp³-hybridized carbons (Fsp3) is 0.286. The van der Waals surface area contributed by atoms with Crippen molar-refractivity contribution in [3.63, 3.8) is 0 Å². The van der Waals surface area contributed by atoms with Crippen LogP contribution in [0.15, 0.2) is 35.5 Å². The van der Waals surface area contributed by atoms with Gasteiger partial charge in [-0.2, -0.15) is 21.6 Å². The Labute approximate surface area is 207 Å². The van der Waals surface area contributed by atoms with Gasteiger partial charge in [0.15, 0.2) is 0 Å². The van der Waals surface area contributed by atoms with E-state index in [1.54, 1.807) is 0 Å². The molecule has 2 atom stereocenters. The maximum absolute atomic E-state index is 14.2. The number of aromatic nitrogens is 1. The smallest absolute Gasteiger partial charge is 0.435 e. The Morgan fingerprint density at radius 1 is 1.26 bits per heavy atom. The van der Waals surface area contributed by atoms with Gasteiger partial charge >= 0.3 is 12.1 Å². The molecule has 186 valence electrons. The Balaban J connectivity index is 2.02. The zero-order chi connectivity index (χ0) is 26.2. The van der Waals surface area contributed by atoms with Crippen LogP contribution in [0.5, 0.6) is 0 Å². The van der Waals surface area contributed by atoms with Gasteiger partial charge in [-0.25, -0.2) is 9.78 Å². The predicted molar refractivity (Wildman–Crippen MR) is 120 cm³/mol. The second kappa shape index (κ2) is 9.66. The largest absolute Gasteiger partial charge is 0.478 e. The summed E-state index contributed by atoms with van der Waals surface area (Å²) in [4.78, 5) is 20.5. The zero-order valence-corrected chi connectivity index (χ0v) is 20.2. The van der Waals surface area contributed by atoms with E-state index in [2.05, 4.69) is 26.2 Å². The second-order valence-corrected chi connectivity index (χ2v) is 9.87. The highest BCUT2D eigenvalue weighted by Crippen LogP contribution is 2.49. The number of rotatable bonds is 5. The molecular formula is C21H15Cl2F3N2O6S. The highest BCUT2D eigenvalue weighted by Gasteiger charge is 2.62. The average Bonchev–Trinajstić information content (AvgIpc) is 3.17. The van der Waals surface area contributed by atoms with Gasteiger partial charge in [-0.1, -0.05) is 34.3 Å². The number of halogens is 5. The van der Waals surface area contributed by atoms with Gasteiger partial charge in [0.2, 0.25) is 0 Å². The van der Waals surface area contributed by atoms with E-state index in [0.717, 1.165) is 30.5 Å². The zero-order valence-electron chi connectivity index (χ0n) is 17.9. The highest BCUT2D eigenvalue weighted by atomic mass is 35.5. The third-order valence-electron chi connectivity index (χ3n) is 4.65. The normalized spacial score (nSPS) is 18.8. The van der Waals surface area contributed by atoms with Crippen LogP contribution in [0, 0.1) is 11.8 Å². The van der Waals surface area contributed by atoms with Gasteiger partial charge in [0, 0.05) is 15.6 Å². The number of aromatic carboxylic acids is 1. The fourth-order valence-corrected chi connectivity index (χ4v) is 4.27. The van der Waals surface area contributed by atoms with Crippen molar-refractivity contribution in [1.82, 2.24) is 4.98 Å². The van der Waals surface area contributed by atoms with Crippen LogP contribution >= 0.6 is 23.2 Å². The fourth-order valence-electron chi connectivity index (χ4n) is 3.17. The number of hydrogen-bond donors (Lipinski definition) is 1. The molecule has 3 rings (SSSR count). The van der Waals surface area contributed by atoms with Crippen LogP contribution < -0.4 is 0 Å². The number of carboxylic acids is 1. The summed E-state index contributed by atoms with van der Waals surface area (Å²) >= 11 is 11.8. The third kappa shape index (κ3) is 6.05. The van der Waals surface area contributed by atoms with E-state index in [1.165, 1.54) is 13.0 Å². The summed E-state index contributed by atoms with van der Waals surface area (Å²) in [6.07, 6.45) is -6.08. The maximum Gasteiger partial charge on any atom is 0.435 e. The van der Waals surface area contributed by atoms with Crippen molar-refractivity contribution in [3.05, 3.63) is 62.9 Å². The Morgan fingerprint density at radius 3 is 2.43 bits per heavy atom. The molecule has 1 aromatic heterocycles. The molecule has 1 aliphatic heterocycles.